The van der Waals surface area contributed by atoms with Crippen molar-refractivity contribution in [2.75, 3.05) is 0 Å². The van der Waals surface area contributed by atoms with Gasteiger partial charge >= 0.3 is 0 Å². The number of pyridine rings is 1. The minimum absolute atomic E-state index is 0.0267. The molecule has 0 spiro atoms. The smallest absolute Gasteiger partial charge is 0.225 e. The van der Waals surface area contributed by atoms with Crippen molar-refractivity contribution < 1.29 is 4.79 Å². The molecule has 1 fully saturated rings. The second-order valence-corrected chi connectivity index (χ2v) is 4.49. The second-order valence-electron chi connectivity index (χ2n) is 4.49. The first-order valence-corrected chi connectivity index (χ1v) is 5.58. The molecule has 1 amide bonds. The monoisotopic (exact) mass is 219 g/mol. The Bertz CT molecular complexity index is 377. The Labute approximate surface area is 95.5 Å². The zero-order valence-corrected chi connectivity index (χ0v) is 9.63. The van der Waals surface area contributed by atoms with Gasteiger partial charge in [0.05, 0.1) is 6.04 Å². The van der Waals surface area contributed by atoms with Gasteiger partial charge in [-0.25, -0.2) is 0 Å². The van der Waals surface area contributed by atoms with Crippen molar-refractivity contribution in [3.05, 3.63) is 30.1 Å². The van der Waals surface area contributed by atoms with E-state index in [9.17, 15) is 4.79 Å². The third-order valence-corrected chi connectivity index (χ3v) is 2.99. The molecule has 2 N–H and O–H groups in total. The normalized spacial score (nSPS) is 25.5. The van der Waals surface area contributed by atoms with Gasteiger partial charge in [-0.3, -0.25) is 9.78 Å². The van der Waals surface area contributed by atoms with Crippen LogP contribution in [0, 0.1) is 0 Å². The molecular weight excluding hydrogens is 202 g/mol. The van der Waals surface area contributed by atoms with Gasteiger partial charge in [0.2, 0.25) is 5.91 Å². The van der Waals surface area contributed by atoms with Crippen LogP contribution in [0.1, 0.15) is 31.9 Å². The number of nitrogens with two attached hydrogens (primary N) is 1. The molecule has 2 unspecified atom stereocenters. The second kappa shape index (κ2) is 4.22. The molecular formula is C12H17N3O. The summed E-state index contributed by atoms with van der Waals surface area (Å²) < 4.78 is 0. The minimum atomic E-state index is -0.126. The first-order valence-electron chi connectivity index (χ1n) is 5.58. The molecule has 1 aliphatic heterocycles. The molecule has 0 aliphatic carbocycles. The van der Waals surface area contributed by atoms with Gasteiger partial charge in [-0.2, -0.15) is 0 Å². The number of nitrogens with zero attached hydrogens (tertiary/aromatic N) is 2. The maximum absolute atomic E-state index is 11.8. The highest BCUT2D eigenvalue weighted by atomic mass is 16.2. The highest BCUT2D eigenvalue weighted by Crippen LogP contribution is 2.33. The van der Waals surface area contributed by atoms with Crippen LogP contribution in [0.25, 0.3) is 0 Å². The van der Waals surface area contributed by atoms with Crippen LogP contribution in [-0.4, -0.2) is 27.9 Å². The van der Waals surface area contributed by atoms with E-state index >= 15 is 0 Å². The first kappa shape index (κ1) is 11.1. The van der Waals surface area contributed by atoms with Gasteiger partial charge in [-0.15, -0.1) is 0 Å². The van der Waals surface area contributed by atoms with Crippen LogP contribution in [0.3, 0.4) is 0 Å². The van der Waals surface area contributed by atoms with Crippen LogP contribution in [0.2, 0.25) is 0 Å². The number of rotatable bonds is 2. The number of carbonyl (C=O) groups excluding carboxylic acids is 1. The van der Waals surface area contributed by atoms with Crippen molar-refractivity contribution in [1.82, 2.24) is 9.88 Å². The molecule has 0 saturated carbocycles. The van der Waals surface area contributed by atoms with Crippen molar-refractivity contribution in [3.63, 3.8) is 0 Å². The number of hydrogen-bond acceptors (Lipinski definition) is 3. The molecule has 1 aromatic heterocycles. The maximum atomic E-state index is 11.8. The van der Waals surface area contributed by atoms with Crippen LogP contribution < -0.4 is 5.73 Å². The standard InChI is InChI=1S/C12H17N3O/c1-8(2)15-11(16)6-10(13)12(15)9-4-3-5-14-7-9/h3-5,7-8,10,12H,6,13H2,1-2H3. The third kappa shape index (κ3) is 1.80. The number of aromatic nitrogens is 1. The Hall–Kier alpha value is -1.42. The lowest BCUT2D eigenvalue weighted by Crippen LogP contribution is -2.37. The maximum Gasteiger partial charge on any atom is 0.225 e. The lowest BCUT2D eigenvalue weighted by molar-refractivity contribution is -0.130. The van der Waals surface area contributed by atoms with Crippen molar-refractivity contribution in [3.8, 4) is 0 Å². The SMILES string of the molecule is CC(C)N1C(=O)CC(N)C1c1cccnc1. The Morgan fingerprint density at radius 1 is 1.56 bits per heavy atom. The average Bonchev–Trinajstić information content (AvgIpc) is 2.55. The summed E-state index contributed by atoms with van der Waals surface area (Å²) >= 11 is 0. The molecule has 4 nitrogen and oxygen atoms in total. The Kier molecular flexibility index (Phi) is 2.92. The van der Waals surface area contributed by atoms with Crippen LogP contribution in [-0.2, 0) is 4.79 Å². The van der Waals surface area contributed by atoms with E-state index < -0.39 is 0 Å². The summed E-state index contributed by atoms with van der Waals surface area (Å²) in [6.45, 7) is 4.03. The summed E-state index contributed by atoms with van der Waals surface area (Å²) in [5.41, 5.74) is 7.06. The van der Waals surface area contributed by atoms with E-state index in [0.717, 1.165) is 5.56 Å². The summed E-state index contributed by atoms with van der Waals surface area (Å²) in [5, 5.41) is 0. The quantitative estimate of drug-likeness (QED) is 0.810. The fourth-order valence-electron chi connectivity index (χ4n) is 2.35. The fourth-order valence-corrected chi connectivity index (χ4v) is 2.35. The molecule has 1 aromatic rings. The number of likely N-dealkylation sites (tertiary alicyclic amines) is 1. The van der Waals surface area contributed by atoms with E-state index in [1.807, 2.05) is 30.9 Å². The van der Waals surface area contributed by atoms with Crippen molar-refractivity contribution in [2.24, 2.45) is 5.73 Å². The van der Waals surface area contributed by atoms with Gasteiger partial charge in [0.1, 0.15) is 0 Å². The van der Waals surface area contributed by atoms with Gasteiger partial charge in [-0.05, 0) is 25.5 Å². The third-order valence-electron chi connectivity index (χ3n) is 2.99. The van der Waals surface area contributed by atoms with Gasteiger partial charge in [0.15, 0.2) is 0 Å². The summed E-state index contributed by atoms with van der Waals surface area (Å²) in [4.78, 5) is 17.8. The molecule has 0 radical (unpaired) electrons. The summed E-state index contributed by atoms with van der Waals surface area (Å²) in [7, 11) is 0. The summed E-state index contributed by atoms with van der Waals surface area (Å²) in [6.07, 6.45) is 3.95. The molecule has 16 heavy (non-hydrogen) atoms. The number of hydrogen-bond donors (Lipinski definition) is 1. The Balaban J connectivity index is 2.34. The number of carbonyl (C=O) groups is 1. The zero-order chi connectivity index (χ0) is 11.7. The highest BCUT2D eigenvalue weighted by molar-refractivity contribution is 5.80. The fraction of sp³-hybridized carbons (Fsp3) is 0.500. The van der Waals surface area contributed by atoms with E-state index in [0.29, 0.717) is 6.42 Å². The Morgan fingerprint density at radius 3 is 2.88 bits per heavy atom. The molecule has 1 saturated heterocycles. The number of amides is 1. The van der Waals surface area contributed by atoms with E-state index in [1.165, 1.54) is 0 Å². The van der Waals surface area contributed by atoms with Crippen LogP contribution in [0.15, 0.2) is 24.5 Å². The largest absolute Gasteiger partial charge is 0.332 e. The highest BCUT2D eigenvalue weighted by Gasteiger charge is 2.39. The van der Waals surface area contributed by atoms with Gasteiger partial charge in [0, 0.05) is 30.9 Å². The van der Waals surface area contributed by atoms with E-state index in [4.69, 9.17) is 5.73 Å². The van der Waals surface area contributed by atoms with E-state index in [-0.39, 0.29) is 24.0 Å². The predicted molar refractivity (Wildman–Crippen MR) is 61.6 cm³/mol. The topological polar surface area (TPSA) is 59.2 Å². The molecule has 2 heterocycles. The molecule has 86 valence electrons. The van der Waals surface area contributed by atoms with Crippen LogP contribution in [0.4, 0.5) is 0 Å². The molecule has 2 atom stereocenters. The summed E-state index contributed by atoms with van der Waals surface area (Å²) in [6, 6.07) is 3.88. The van der Waals surface area contributed by atoms with Gasteiger partial charge < -0.3 is 10.6 Å². The van der Waals surface area contributed by atoms with Gasteiger partial charge in [-0.1, -0.05) is 6.07 Å². The van der Waals surface area contributed by atoms with Crippen molar-refractivity contribution in [1.29, 1.82) is 0 Å². The lowest BCUT2D eigenvalue weighted by Gasteiger charge is -2.30. The average molecular weight is 219 g/mol. The first-order chi connectivity index (χ1) is 7.61. The van der Waals surface area contributed by atoms with E-state index in [2.05, 4.69) is 4.98 Å². The molecule has 0 aromatic carbocycles. The summed E-state index contributed by atoms with van der Waals surface area (Å²) in [5.74, 6) is 0.136. The van der Waals surface area contributed by atoms with Crippen molar-refractivity contribution in [2.45, 2.75) is 38.4 Å². The minimum Gasteiger partial charge on any atom is -0.332 e. The van der Waals surface area contributed by atoms with Crippen LogP contribution in [0.5, 0.6) is 0 Å². The van der Waals surface area contributed by atoms with Crippen LogP contribution >= 0.6 is 0 Å². The Morgan fingerprint density at radius 2 is 2.31 bits per heavy atom. The molecule has 1 aliphatic rings. The van der Waals surface area contributed by atoms with Crippen molar-refractivity contribution >= 4 is 5.91 Å². The predicted octanol–water partition coefficient (Wildman–Crippen LogP) is 1.09. The molecule has 2 rings (SSSR count). The van der Waals surface area contributed by atoms with Gasteiger partial charge in [0.25, 0.3) is 0 Å². The molecule has 4 heteroatoms. The molecule has 0 bridgehead atoms. The van der Waals surface area contributed by atoms with E-state index in [1.54, 1.807) is 12.4 Å². The zero-order valence-electron chi connectivity index (χ0n) is 9.63. The lowest BCUT2D eigenvalue weighted by atomic mass is 10.0.